The van der Waals surface area contributed by atoms with Crippen molar-refractivity contribution in [2.45, 2.75) is 26.8 Å². The van der Waals surface area contributed by atoms with Gasteiger partial charge >= 0.3 is 0 Å². The van der Waals surface area contributed by atoms with Crippen LogP contribution in [0.4, 0.5) is 5.69 Å². The highest BCUT2D eigenvalue weighted by Gasteiger charge is 2.22. The minimum atomic E-state index is -2.81. The number of hydrogen-bond donors (Lipinski definition) is 1. The van der Waals surface area contributed by atoms with Crippen LogP contribution in [0.2, 0.25) is 0 Å². The van der Waals surface area contributed by atoms with Crippen LogP contribution in [0.15, 0.2) is 18.2 Å². The van der Waals surface area contributed by atoms with Gasteiger partial charge in [0.05, 0.1) is 11.5 Å². The van der Waals surface area contributed by atoms with Crippen LogP contribution in [0, 0.1) is 6.92 Å². The lowest BCUT2D eigenvalue weighted by atomic mass is 10.1. The molecule has 0 atom stereocenters. The molecule has 1 heterocycles. The van der Waals surface area contributed by atoms with Crippen molar-refractivity contribution in [2.24, 2.45) is 0 Å². The summed E-state index contributed by atoms with van der Waals surface area (Å²) >= 11 is 0. The van der Waals surface area contributed by atoms with Crippen molar-refractivity contribution in [3.05, 3.63) is 29.3 Å². The maximum Gasteiger partial charge on any atom is 0.153 e. The highest BCUT2D eigenvalue weighted by molar-refractivity contribution is 7.91. The van der Waals surface area contributed by atoms with Crippen LogP contribution in [0.1, 0.15) is 24.5 Å². The first-order valence-electron chi connectivity index (χ1n) is 7.27. The van der Waals surface area contributed by atoms with E-state index in [2.05, 4.69) is 42.3 Å². The summed E-state index contributed by atoms with van der Waals surface area (Å²) in [5.41, 5.74) is 3.67. The number of anilines is 1. The molecular formula is C15H24N2O2S. The molecule has 2 rings (SSSR count). The molecule has 1 fully saturated rings. The van der Waals surface area contributed by atoms with Gasteiger partial charge in [-0.15, -0.1) is 0 Å². The van der Waals surface area contributed by atoms with E-state index in [1.54, 1.807) is 0 Å². The summed E-state index contributed by atoms with van der Waals surface area (Å²) in [4.78, 5) is 2.18. The number of rotatable bonds is 5. The Hall–Kier alpha value is -1.07. The highest BCUT2D eigenvalue weighted by Crippen LogP contribution is 2.23. The fourth-order valence-corrected chi connectivity index (χ4v) is 3.75. The second kappa shape index (κ2) is 6.59. The van der Waals surface area contributed by atoms with Crippen molar-refractivity contribution in [2.75, 3.05) is 36.0 Å². The van der Waals surface area contributed by atoms with Gasteiger partial charge in [-0.05, 0) is 37.1 Å². The minimum Gasteiger partial charge on any atom is -0.369 e. The van der Waals surface area contributed by atoms with Gasteiger partial charge in [-0.25, -0.2) is 8.42 Å². The van der Waals surface area contributed by atoms with Gasteiger partial charge in [-0.3, -0.25) is 0 Å². The van der Waals surface area contributed by atoms with E-state index in [4.69, 9.17) is 0 Å². The molecule has 5 heteroatoms. The zero-order valence-electron chi connectivity index (χ0n) is 12.4. The van der Waals surface area contributed by atoms with Crippen molar-refractivity contribution in [3.8, 4) is 0 Å². The van der Waals surface area contributed by atoms with Crippen LogP contribution in [0.5, 0.6) is 0 Å². The Bertz CT molecular complexity index is 541. The summed E-state index contributed by atoms with van der Waals surface area (Å²) in [6.07, 6.45) is 1.14. The van der Waals surface area contributed by atoms with Crippen molar-refractivity contribution in [3.63, 3.8) is 0 Å². The van der Waals surface area contributed by atoms with Crippen molar-refractivity contribution in [1.29, 1.82) is 0 Å². The minimum absolute atomic E-state index is 0.270. The molecule has 1 aliphatic heterocycles. The second-order valence-corrected chi connectivity index (χ2v) is 7.74. The van der Waals surface area contributed by atoms with Crippen molar-refractivity contribution < 1.29 is 8.42 Å². The maximum absolute atomic E-state index is 11.5. The lowest BCUT2D eigenvalue weighted by molar-refractivity contribution is 0.586. The third-order valence-electron chi connectivity index (χ3n) is 3.70. The molecule has 0 spiro atoms. The van der Waals surface area contributed by atoms with E-state index < -0.39 is 9.84 Å². The van der Waals surface area contributed by atoms with E-state index in [9.17, 15) is 8.42 Å². The van der Waals surface area contributed by atoms with E-state index in [1.807, 2.05) is 0 Å². The summed E-state index contributed by atoms with van der Waals surface area (Å²) < 4.78 is 23.0. The monoisotopic (exact) mass is 296 g/mol. The summed E-state index contributed by atoms with van der Waals surface area (Å²) in [5.74, 6) is 0.540. The van der Waals surface area contributed by atoms with Gasteiger partial charge in [0.1, 0.15) is 0 Å². The van der Waals surface area contributed by atoms with E-state index in [0.717, 1.165) is 19.5 Å². The summed E-state index contributed by atoms with van der Waals surface area (Å²) in [5, 5.41) is 3.40. The first kappa shape index (κ1) is 15.3. The lowest BCUT2D eigenvalue weighted by Gasteiger charge is -2.30. The normalized spacial score (nSPS) is 18.2. The van der Waals surface area contributed by atoms with E-state index in [1.165, 1.54) is 16.8 Å². The molecule has 1 N–H and O–H groups in total. The predicted molar refractivity (Wildman–Crippen MR) is 84.0 cm³/mol. The second-order valence-electron chi connectivity index (χ2n) is 5.44. The maximum atomic E-state index is 11.5. The molecule has 0 radical (unpaired) electrons. The Morgan fingerprint density at radius 1 is 1.25 bits per heavy atom. The highest BCUT2D eigenvalue weighted by atomic mass is 32.2. The third-order valence-corrected chi connectivity index (χ3v) is 5.31. The molecule has 1 aromatic rings. The largest absolute Gasteiger partial charge is 0.369 e. The van der Waals surface area contributed by atoms with E-state index in [-0.39, 0.29) is 11.5 Å². The number of aryl methyl sites for hydroxylation is 1. The Labute approximate surface area is 122 Å². The molecule has 4 nitrogen and oxygen atoms in total. The molecule has 0 unspecified atom stereocenters. The molecule has 20 heavy (non-hydrogen) atoms. The summed E-state index contributed by atoms with van der Waals surface area (Å²) in [7, 11) is -2.81. The third kappa shape index (κ3) is 3.96. The summed E-state index contributed by atoms with van der Waals surface area (Å²) in [6.45, 7) is 7.40. The average Bonchev–Trinajstić information content (AvgIpc) is 2.40. The standard InChI is InChI=1S/C15H24N2O2S/c1-3-6-16-12-14-4-5-15(13(2)11-14)17-7-9-20(18,19)10-8-17/h4-5,11,16H,3,6-10,12H2,1-2H3. The number of sulfone groups is 1. The van der Waals surface area contributed by atoms with Gasteiger partial charge in [0, 0.05) is 25.3 Å². The Balaban J connectivity index is 2.03. The summed E-state index contributed by atoms with van der Waals surface area (Å²) in [6, 6.07) is 6.45. The van der Waals surface area contributed by atoms with Crippen LogP contribution in [-0.4, -0.2) is 39.6 Å². The molecule has 0 aliphatic carbocycles. The molecule has 0 amide bonds. The molecule has 0 bridgehead atoms. The van der Waals surface area contributed by atoms with Gasteiger partial charge in [-0.2, -0.15) is 0 Å². The first-order valence-corrected chi connectivity index (χ1v) is 9.09. The number of benzene rings is 1. The van der Waals surface area contributed by atoms with Gasteiger partial charge < -0.3 is 10.2 Å². The van der Waals surface area contributed by atoms with Gasteiger partial charge in [0.15, 0.2) is 9.84 Å². The van der Waals surface area contributed by atoms with Crippen LogP contribution in [0.3, 0.4) is 0 Å². The molecular weight excluding hydrogens is 272 g/mol. The fourth-order valence-electron chi connectivity index (χ4n) is 2.55. The first-order chi connectivity index (χ1) is 9.52. The Kier molecular flexibility index (Phi) is 5.05. The topological polar surface area (TPSA) is 49.4 Å². The molecule has 1 saturated heterocycles. The van der Waals surface area contributed by atoms with Gasteiger partial charge in [0.2, 0.25) is 0 Å². The smallest absolute Gasteiger partial charge is 0.153 e. The van der Waals surface area contributed by atoms with Crippen LogP contribution in [0.25, 0.3) is 0 Å². The number of nitrogens with one attached hydrogen (secondary N) is 1. The van der Waals surface area contributed by atoms with Crippen LogP contribution in [-0.2, 0) is 16.4 Å². The van der Waals surface area contributed by atoms with Crippen molar-refractivity contribution in [1.82, 2.24) is 5.32 Å². The molecule has 0 saturated carbocycles. The number of hydrogen-bond acceptors (Lipinski definition) is 4. The Morgan fingerprint density at radius 3 is 2.55 bits per heavy atom. The zero-order chi connectivity index (χ0) is 14.6. The lowest BCUT2D eigenvalue weighted by Crippen LogP contribution is -2.40. The average molecular weight is 296 g/mol. The molecule has 1 aliphatic rings. The van der Waals surface area contributed by atoms with Gasteiger partial charge in [-0.1, -0.05) is 19.1 Å². The quantitative estimate of drug-likeness (QED) is 0.841. The SMILES string of the molecule is CCCNCc1ccc(N2CCS(=O)(=O)CC2)c(C)c1. The molecule has 0 aromatic heterocycles. The fraction of sp³-hybridized carbons (Fsp3) is 0.600. The van der Waals surface area contributed by atoms with E-state index >= 15 is 0 Å². The van der Waals surface area contributed by atoms with Crippen LogP contribution < -0.4 is 10.2 Å². The van der Waals surface area contributed by atoms with Crippen LogP contribution >= 0.6 is 0 Å². The molecule has 112 valence electrons. The van der Waals surface area contributed by atoms with Gasteiger partial charge in [0.25, 0.3) is 0 Å². The number of nitrogens with zero attached hydrogens (tertiary/aromatic N) is 1. The van der Waals surface area contributed by atoms with E-state index in [0.29, 0.717) is 13.1 Å². The Morgan fingerprint density at radius 2 is 1.95 bits per heavy atom. The zero-order valence-corrected chi connectivity index (χ0v) is 13.2. The van der Waals surface area contributed by atoms with Crippen molar-refractivity contribution >= 4 is 15.5 Å². The molecule has 1 aromatic carbocycles. The predicted octanol–water partition coefficient (Wildman–Crippen LogP) is 1.73.